The number of hydrogen-bond acceptors (Lipinski definition) is 3. The second-order valence-corrected chi connectivity index (χ2v) is 5.24. The first-order valence-electron chi connectivity index (χ1n) is 6.71. The average Bonchev–Trinajstić information content (AvgIpc) is 2.39. The van der Waals surface area contributed by atoms with Crippen LogP contribution in [0.5, 0.6) is 0 Å². The Morgan fingerprint density at radius 3 is 2.45 bits per heavy atom. The highest BCUT2D eigenvalue weighted by atomic mass is 16.4. The van der Waals surface area contributed by atoms with Crippen LogP contribution in [0.15, 0.2) is 16.9 Å². The molecule has 6 nitrogen and oxygen atoms in total. The van der Waals surface area contributed by atoms with Crippen molar-refractivity contribution in [1.82, 2.24) is 10.3 Å². The van der Waals surface area contributed by atoms with Crippen LogP contribution >= 0.6 is 0 Å². The van der Waals surface area contributed by atoms with Crippen molar-refractivity contribution < 1.29 is 14.7 Å². The predicted octanol–water partition coefficient (Wildman–Crippen LogP) is 1.06. The van der Waals surface area contributed by atoms with E-state index >= 15 is 0 Å². The van der Waals surface area contributed by atoms with Crippen molar-refractivity contribution in [2.24, 2.45) is 5.92 Å². The minimum atomic E-state index is -0.773. The maximum absolute atomic E-state index is 12.0. The molecule has 108 valence electrons. The lowest BCUT2D eigenvalue weighted by Gasteiger charge is -2.26. The van der Waals surface area contributed by atoms with Crippen molar-refractivity contribution in [3.63, 3.8) is 0 Å². The smallest absolute Gasteiger partial charge is 0.306 e. The Morgan fingerprint density at radius 1 is 1.25 bits per heavy atom. The topological polar surface area (TPSA) is 99.3 Å². The van der Waals surface area contributed by atoms with Gasteiger partial charge in [-0.25, -0.2) is 0 Å². The van der Waals surface area contributed by atoms with Crippen molar-refractivity contribution in [2.45, 2.75) is 38.6 Å². The summed E-state index contributed by atoms with van der Waals surface area (Å²) in [5.74, 6) is -1.49. The number of H-pyrrole nitrogens is 1. The van der Waals surface area contributed by atoms with E-state index in [1.807, 2.05) is 0 Å². The quantitative estimate of drug-likeness (QED) is 0.769. The summed E-state index contributed by atoms with van der Waals surface area (Å²) in [6, 6.07) is 3.13. The number of amides is 1. The molecule has 0 bridgehead atoms. The van der Waals surface area contributed by atoms with Crippen LogP contribution in [0.1, 0.15) is 41.7 Å². The summed E-state index contributed by atoms with van der Waals surface area (Å²) in [4.78, 5) is 37.1. The van der Waals surface area contributed by atoms with Gasteiger partial charge < -0.3 is 15.4 Å². The molecule has 1 aromatic rings. The standard InChI is InChI=1S/C14H18N2O4/c1-8-2-7-11(12(17)15-8)13(18)16-10-5-3-9(4-6-10)14(19)20/h2,7,9-10H,3-6H2,1H3,(H,15,17)(H,16,18)(H,19,20). The van der Waals surface area contributed by atoms with E-state index in [1.165, 1.54) is 6.07 Å². The maximum atomic E-state index is 12.0. The Bertz CT molecular complexity index is 571. The number of aryl methyl sites for hydroxylation is 1. The zero-order valence-corrected chi connectivity index (χ0v) is 11.3. The summed E-state index contributed by atoms with van der Waals surface area (Å²) >= 11 is 0. The minimum absolute atomic E-state index is 0.0567. The molecule has 1 aliphatic rings. The lowest BCUT2D eigenvalue weighted by atomic mass is 9.86. The van der Waals surface area contributed by atoms with Crippen molar-refractivity contribution in [1.29, 1.82) is 0 Å². The second-order valence-electron chi connectivity index (χ2n) is 5.24. The van der Waals surface area contributed by atoms with Crippen LogP contribution in [0.3, 0.4) is 0 Å². The number of nitrogens with one attached hydrogen (secondary N) is 2. The first kappa shape index (κ1) is 14.3. The third-order valence-electron chi connectivity index (χ3n) is 3.71. The second kappa shape index (κ2) is 5.90. The maximum Gasteiger partial charge on any atom is 0.306 e. The van der Waals surface area contributed by atoms with Gasteiger partial charge in [-0.1, -0.05) is 0 Å². The fraction of sp³-hybridized carbons (Fsp3) is 0.500. The molecule has 3 N–H and O–H groups in total. The molecule has 1 amide bonds. The van der Waals surface area contributed by atoms with E-state index < -0.39 is 17.4 Å². The lowest BCUT2D eigenvalue weighted by Crippen LogP contribution is -2.40. The Hall–Kier alpha value is -2.11. The summed E-state index contributed by atoms with van der Waals surface area (Å²) in [6.45, 7) is 1.75. The molecular weight excluding hydrogens is 260 g/mol. The van der Waals surface area contributed by atoms with Gasteiger partial charge in [-0.05, 0) is 44.7 Å². The van der Waals surface area contributed by atoms with Crippen molar-refractivity contribution >= 4 is 11.9 Å². The van der Waals surface area contributed by atoms with Gasteiger partial charge >= 0.3 is 5.97 Å². The summed E-state index contributed by atoms with van der Waals surface area (Å²) in [5.41, 5.74) is 0.395. The summed E-state index contributed by atoms with van der Waals surface area (Å²) in [6.07, 6.45) is 2.38. The molecular formula is C14H18N2O4. The van der Waals surface area contributed by atoms with Crippen molar-refractivity contribution in [3.05, 3.63) is 33.7 Å². The van der Waals surface area contributed by atoms with Crippen LogP contribution in [0.2, 0.25) is 0 Å². The number of aromatic amines is 1. The molecule has 6 heteroatoms. The number of aliphatic carboxylic acids is 1. The van der Waals surface area contributed by atoms with Gasteiger partial charge in [-0.15, -0.1) is 0 Å². The number of carboxylic acid groups (broad SMARTS) is 1. The fourth-order valence-corrected chi connectivity index (χ4v) is 2.50. The molecule has 0 saturated heterocycles. The highest BCUT2D eigenvalue weighted by molar-refractivity contribution is 5.94. The van der Waals surface area contributed by atoms with Crippen LogP contribution in [0.4, 0.5) is 0 Å². The molecule has 0 spiro atoms. The number of pyridine rings is 1. The number of carbonyl (C=O) groups excluding carboxylic acids is 1. The lowest BCUT2D eigenvalue weighted by molar-refractivity contribution is -0.142. The molecule has 2 rings (SSSR count). The van der Waals surface area contributed by atoms with Gasteiger partial charge in [0.05, 0.1) is 5.92 Å². The SMILES string of the molecule is Cc1ccc(C(=O)NC2CCC(C(=O)O)CC2)c(=O)[nH]1. The van der Waals surface area contributed by atoms with Crippen molar-refractivity contribution in [3.8, 4) is 0 Å². The van der Waals surface area contributed by atoms with E-state index in [9.17, 15) is 14.4 Å². The third kappa shape index (κ3) is 3.26. The molecule has 0 unspecified atom stereocenters. The summed E-state index contributed by atoms with van der Waals surface area (Å²) in [5, 5.41) is 11.7. The Morgan fingerprint density at radius 2 is 1.90 bits per heavy atom. The Labute approximate surface area is 116 Å². The zero-order valence-electron chi connectivity index (χ0n) is 11.3. The summed E-state index contributed by atoms with van der Waals surface area (Å²) < 4.78 is 0. The monoisotopic (exact) mass is 278 g/mol. The van der Waals surface area contributed by atoms with Gasteiger partial charge in [0.25, 0.3) is 11.5 Å². The van der Waals surface area contributed by atoms with Crippen LogP contribution in [-0.4, -0.2) is 28.0 Å². The molecule has 0 aromatic carbocycles. The fourth-order valence-electron chi connectivity index (χ4n) is 2.50. The highest BCUT2D eigenvalue weighted by Gasteiger charge is 2.27. The van der Waals surface area contributed by atoms with Crippen LogP contribution < -0.4 is 10.9 Å². The number of carbonyl (C=O) groups is 2. The van der Waals surface area contributed by atoms with Gasteiger partial charge in [-0.3, -0.25) is 14.4 Å². The molecule has 1 aliphatic carbocycles. The van der Waals surface area contributed by atoms with Gasteiger partial charge in [-0.2, -0.15) is 0 Å². The molecule has 1 aromatic heterocycles. The molecule has 0 aliphatic heterocycles. The van der Waals surface area contributed by atoms with Gasteiger partial charge in [0.15, 0.2) is 0 Å². The molecule has 0 atom stereocenters. The molecule has 1 heterocycles. The molecule has 1 fully saturated rings. The number of aromatic nitrogens is 1. The number of rotatable bonds is 3. The van der Waals surface area contributed by atoms with E-state index in [2.05, 4.69) is 10.3 Å². The number of hydrogen-bond donors (Lipinski definition) is 3. The van der Waals surface area contributed by atoms with Crippen molar-refractivity contribution in [2.75, 3.05) is 0 Å². The van der Waals surface area contributed by atoms with Gasteiger partial charge in [0.2, 0.25) is 0 Å². The Balaban J connectivity index is 1.96. The zero-order chi connectivity index (χ0) is 14.7. The predicted molar refractivity (Wildman–Crippen MR) is 72.6 cm³/mol. The van der Waals surface area contributed by atoms with E-state index in [4.69, 9.17) is 5.11 Å². The summed E-state index contributed by atoms with van der Waals surface area (Å²) in [7, 11) is 0. The van der Waals surface area contributed by atoms with E-state index in [0.717, 1.165) is 0 Å². The van der Waals surface area contributed by atoms with Gasteiger partial charge in [0, 0.05) is 11.7 Å². The average molecular weight is 278 g/mol. The first-order chi connectivity index (χ1) is 9.47. The Kier molecular flexibility index (Phi) is 4.22. The number of carboxylic acids is 1. The van der Waals surface area contributed by atoms with E-state index in [0.29, 0.717) is 31.4 Å². The van der Waals surface area contributed by atoms with Crippen LogP contribution in [0, 0.1) is 12.8 Å². The van der Waals surface area contributed by atoms with E-state index in [-0.39, 0.29) is 17.5 Å². The molecule has 0 radical (unpaired) electrons. The highest BCUT2D eigenvalue weighted by Crippen LogP contribution is 2.24. The third-order valence-corrected chi connectivity index (χ3v) is 3.71. The van der Waals surface area contributed by atoms with Crippen LogP contribution in [-0.2, 0) is 4.79 Å². The van der Waals surface area contributed by atoms with Crippen LogP contribution in [0.25, 0.3) is 0 Å². The first-order valence-corrected chi connectivity index (χ1v) is 6.71. The van der Waals surface area contributed by atoms with E-state index in [1.54, 1.807) is 13.0 Å². The largest absolute Gasteiger partial charge is 0.481 e. The minimum Gasteiger partial charge on any atom is -0.481 e. The molecule has 20 heavy (non-hydrogen) atoms. The molecule has 1 saturated carbocycles. The van der Waals surface area contributed by atoms with Gasteiger partial charge in [0.1, 0.15) is 5.56 Å². The normalized spacial score (nSPS) is 22.2.